The number of carbonyl (C=O) groups is 2. The van der Waals surface area contributed by atoms with Gasteiger partial charge >= 0.3 is 0 Å². The predicted molar refractivity (Wildman–Crippen MR) is 92.1 cm³/mol. The minimum atomic E-state index is -0.816. The number of hydrogen-bond acceptors (Lipinski definition) is 3. The minimum Gasteiger partial charge on any atom is -0.294 e. The van der Waals surface area contributed by atoms with Gasteiger partial charge in [-0.05, 0) is 18.6 Å². The van der Waals surface area contributed by atoms with E-state index >= 15 is 0 Å². The van der Waals surface area contributed by atoms with E-state index in [2.05, 4.69) is 0 Å². The number of benzene rings is 2. The molecule has 4 heteroatoms. The van der Waals surface area contributed by atoms with E-state index in [4.69, 9.17) is 4.84 Å². The molecule has 1 unspecified atom stereocenters. The molecule has 0 saturated carbocycles. The van der Waals surface area contributed by atoms with Gasteiger partial charge in [-0.1, -0.05) is 60.7 Å². The number of hydrogen-bond donors (Lipinski definition) is 0. The maximum absolute atomic E-state index is 12.7. The average molecular weight is 321 g/mol. The van der Waals surface area contributed by atoms with Gasteiger partial charge in [-0.15, -0.1) is 0 Å². The molecule has 1 heterocycles. The fraction of sp³-hybridized carbons (Fsp3) is 0.200. The first-order valence-corrected chi connectivity index (χ1v) is 7.80. The molecule has 122 valence electrons. The molecule has 1 aliphatic rings. The van der Waals surface area contributed by atoms with Gasteiger partial charge in [0.15, 0.2) is 5.78 Å². The van der Waals surface area contributed by atoms with E-state index in [1.54, 1.807) is 12.1 Å². The van der Waals surface area contributed by atoms with Crippen molar-refractivity contribution in [1.82, 2.24) is 5.06 Å². The summed E-state index contributed by atoms with van der Waals surface area (Å²) in [5.41, 5.74) is 1.19. The van der Waals surface area contributed by atoms with Gasteiger partial charge in [0, 0.05) is 17.6 Å². The summed E-state index contributed by atoms with van der Waals surface area (Å²) in [5.74, 6) is -0.259. The summed E-state index contributed by atoms with van der Waals surface area (Å²) in [4.78, 5) is 30.6. The summed E-state index contributed by atoms with van der Waals surface area (Å²) >= 11 is 0. The number of rotatable bonds is 5. The van der Waals surface area contributed by atoms with Crippen LogP contribution in [-0.4, -0.2) is 29.4 Å². The first-order chi connectivity index (χ1) is 11.5. The van der Waals surface area contributed by atoms with Crippen LogP contribution in [0.3, 0.4) is 0 Å². The van der Waals surface area contributed by atoms with Crippen molar-refractivity contribution in [3.63, 3.8) is 0 Å². The van der Waals surface area contributed by atoms with E-state index in [1.165, 1.54) is 12.2 Å². The van der Waals surface area contributed by atoms with E-state index in [0.29, 0.717) is 11.1 Å². The van der Waals surface area contributed by atoms with Gasteiger partial charge in [0.2, 0.25) is 0 Å². The van der Waals surface area contributed by atoms with Gasteiger partial charge in [0.05, 0.1) is 12.6 Å². The Kier molecular flexibility index (Phi) is 4.32. The van der Waals surface area contributed by atoms with Gasteiger partial charge < -0.3 is 0 Å². The lowest BCUT2D eigenvalue weighted by Gasteiger charge is -2.31. The molecule has 0 radical (unpaired) electrons. The summed E-state index contributed by atoms with van der Waals surface area (Å²) in [6.07, 6.45) is 1.99. The van der Waals surface area contributed by atoms with Crippen LogP contribution < -0.4 is 0 Å². The Labute approximate surface area is 141 Å². The third-order valence-electron chi connectivity index (χ3n) is 4.22. The molecule has 0 fully saturated rings. The smallest absolute Gasteiger partial charge is 0.278 e. The highest BCUT2D eigenvalue weighted by molar-refractivity contribution is 6.22. The van der Waals surface area contributed by atoms with Crippen LogP contribution in [0.5, 0.6) is 0 Å². The second-order valence-corrected chi connectivity index (χ2v) is 6.03. The highest BCUT2D eigenvalue weighted by atomic mass is 16.7. The molecule has 1 amide bonds. The van der Waals surface area contributed by atoms with Crippen LogP contribution >= 0.6 is 0 Å². The molecule has 1 aliphatic heterocycles. The molecule has 2 aromatic carbocycles. The molecule has 0 saturated heterocycles. The SMILES string of the molecule is CON1C(=O)C(c2ccccc2)=CC1(C)CC(=O)c1ccccc1. The van der Waals surface area contributed by atoms with Crippen molar-refractivity contribution in [2.75, 3.05) is 7.11 Å². The Bertz CT molecular complexity index is 783. The second kappa shape index (κ2) is 6.42. The van der Waals surface area contributed by atoms with E-state index in [-0.39, 0.29) is 18.1 Å². The molecule has 0 N–H and O–H groups in total. The molecule has 4 nitrogen and oxygen atoms in total. The van der Waals surface area contributed by atoms with Gasteiger partial charge in [0.25, 0.3) is 5.91 Å². The summed E-state index contributed by atoms with van der Waals surface area (Å²) in [6, 6.07) is 18.5. The number of Topliss-reactive ketones (excluding diaryl/α,β-unsaturated/α-hetero) is 1. The number of nitrogens with zero attached hydrogens (tertiary/aromatic N) is 1. The maximum atomic E-state index is 12.7. The third-order valence-corrected chi connectivity index (χ3v) is 4.22. The molecule has 3 rings (SSSR count). The maximum Gasteiger partial charge on any atom is 0.278 e. The lowest BCUT2D eigenvalue weighted by molar-refractivity contribution is -0.187. The van der Waals surface area contributed by atoms with E-state index in [9.17, 15) is 9.59 Å². The summed E-state index contributed by atoms with van der Waals surface area (Å²) in [7, 11) is 1.45. The number of carbonyl (C=O) groups excluding carboxylic acids is 2. The van der Waals surface area contributed by atoms with Crippen molar-refractivity contribution in [3.8, 4) is 0 Å². The minimum absolute atomic E-state index is 0.0292. The molecule has 0 aliphatic carbocycles. The molecule has 1 atom stereocenters. The van der Waals surface area contributed by atoms with E-state index in [1.807, 2.05) is 61.5 Å². The predicted octanol–water partition coefficient (Wildman–Crippen LogP) is 3.51. The van der Waals surface area contributed by atoms with E-state index in [0.717, 1.165) is 5.56 Å². The lowest BCUT2D eigenvalue weighted by atomic mass is 9.92. The van der Waals surface area contributed by atoms with Crippen molar-refractivity contribution < 1.29 is 14.4 Å². The largest absolute Gasteiger partial charge is 0.294 e. The Morgan fingerprint density at radius 3 is 2.21 bits per heavy atom. The fourth-order valence-electron chi connectivity index (χ4n) is 3.06. The molecule has 24 heavy (non-hydrogen) atoms. The highest BCUT2D eigenvalue weighted by Crippen LogP contribution is 2.36. The van der Waals surface area contributed by atoms with Crippen LogP contribution in [-0.2, 0) is 9.63 Å². The zero-order valence-corrected chi connectivity index (χ0v) is 13.7. The number of ketones is 1. The third kappa shape index (κ3) is 2.88. The standard InChI is InChI=1S/C20H19NO3/c1-20(14-18(22)16-11-7-4-8-12-16)13-17(19(23)21(20)24-2)15-9-5-3-6-10-15/h3-13H,14H2,1-2H3. The molecule has 0 bridgehead atoms. The monoisotopic (exact) mass is 321 g/mol. The van der Waals surface area contributed by atoms with Crippen molar-refractivity contribution >= 4 is 17.3 Å². The first-order valence-electron chi connectivity index (χ1n) is 7.80. The Morgan fingerprint density at radius 1 is 1.04 bits per heavy atom. The van der Waals surface area contributed by atoms with Gasteiger partial charge in [-0.3, -0.25) is 14.4 Å². The van der Waals surface area contributed by atoms with Gasteiger partial charge in [-0.2, -0.15) is 0 Å². The second-order valence-electron chi connectivity index (χ2n) is 6.03. The first kappa shape index (κ1) is 16.1. The molecule has 0 aromatic heterocycles. The average Bonchev–Trinajstić information content (AvgIpc) is 2.86. The Hall–Kier alpha value is -2.72. The molecular weight excluding hydrogens is 302 g/mol. The quantitative estimate of drug-likeness (QED) is 0.792. The Morgan fingerprint density at radius 2 is 1.62 bits per heavy atom. The van der Waals surface area contributed by atoms with Gasteiger partial charge in [-0.25, -0.2) is 5.06 Å². The summed E-state index contributed by atoms with van der Waals surface area (Å²) < 4.78 is 0. The van der Waals surface area contributed by atoms with Crippen LogP contribution in [0.25, 0.3) is 5.57 Å². The zero-order chi connectivity index (χ0) is 17.2. The number of amides is 1. The summed E-state index contributed by atoms with van der Waals surface area (Å²) in [5, 5.41) is 1.29. The summed E-state index contributed by atoms with van der Waals surface area (Å²) in [6.45, 7) is 1.84. The molecule has 2 aromatic rings. The topological polar surface area (TPSA) is 46.6 Å². The van der Waals surface area contributed by atoms with Crippen LogP contribution in [0.4, 0.5) is 0 Å². The fourth-order valence-corrected chi connectivity index (χ4v) is 3.06. The zero-order valence-electron chi connectivity index (χ0n) is 13.7. The highest BCUT2D eigenvalue weighted by Gasteiger charge is 2.44. The van der Waals surface area contributed by atoms with Crippen LogP contribution in [0, 0.1) is 0 Å². The molecular formula is C20H19NO3. The molecule has 0 spiro atoms. The normalized spacial score (nSPS) is 20.2. The van der Waals surface area contributed by atoms with Crippen LogP contribution in [0.2, 0.25) is 0 Å². The van der Waals surface area contributed by atoms with Gasteiger partial charge in [0.1, 0.15) is 0 Å². The van der Waals surface area contributed by atoms with Crippen molar-refractivity contribution in [2.45, 2.75) is 18.9 Å². The van der Waals surface area contributed by atoms with E-state index < -0.39 is 5.54 Å². The number of hydroxylamine groups is 2. The van der Waals surface area contributed by atoms with Crippen molar-refractivity contribution in [3.05, 3.63) is 77.9 Å². The van der Waals surface area contributed by atoms with Crippen LogP contribution in [0.1, 0.15) is 29.3 Å². The van der Waals surface area contributed by atoms with Crippen LogP contribution in [0.15, 0.2) is 66.7 Å². The van der Waals surface area contributed by atoms with Crippen molar-refractivity contribution in [2.24, 2.45) is 0 Å². The Balaban J connectivity index is 1.93. The lowest BCUT2D eigenvalue weighted by Crippen LogP contribution is -2.44. The van der Waals surface area contributed by atoms with Crippen molar-refractivity contribution in [1.29, 1.82) is 0 Å².